The van der Waals surface area contributed by atoms with Gasteiger partial charge in [0.05, 0.1) is 24.7 Å². The van der Waals surface area contributed by atoms with Crippen LogP contribution in [0.2, 0.25) is 0 Å². The number of aliphatic hydroxyl groups is 1. The minimum Gasteiger partial charge on any atom is -0.394 e. The monoisotopic (exact) mass is 246 g/mol. The number of aromatic nitrogens is 3. The Morgan fingerprint density at radius 3 is 3.06 bits per heavy atom. The number of rotatable bonds is 5. The number of nitrogens with one attached hydrogen (secondary N) is 1. The number of hydrogen-bond donors (Lipinski definition) is 2. The van der Waals surface area contributed by atoms with Gasteiger partial charge in [-0.25, -0.2) is 4.98 Å². The molecular formula is C13H18N4O. The van der Waals surface area contributed by atoms with E-state index in [2.05, 4.69) is 22.2 Å². The fourth-order valence-electron chi connectivity index (χ4n) is 2.37. The molecule has 0 aliphatic heterocycles. The molecule has 1 aliphatic carbocycles. The summed E-state index contributed by atoms with van der Waals surface area (Å²) >= 11 is 0. The second kappa shape index (κ2) is 4.33. The smallest absolute Gasteiger partial charge is 0.155 e. The van der Waals surface area contributed by atoms with E-state index in [1.54, 1.807) is 12.4 Å². The standard InChI is InChI=1S/C13H18N4O/c1-13(9-18,10-2-3-10)16-7-11-6-15-12-8-14-4-5-17(11)12/h4-6,8,10,16,18H,2-3,7,9H2,1H3. The SMILES string of the molecule is CC(CO)(NCc1cnc2cnccn12)C1CC1. The average Bonchev–Trinajstić information content (AvgIpc) is 3.18. The van der Waals surface area contributed by atoms with Crippen LogP contribution in [-0.4, -0.2) is 31.6 Å². The molecule has 3 rings (SSSR count). The third-order valence-corrected chi connectivity index (χ3v) is 3.87. The lowest BCUT2D eigenvalue weighted by atomic mass is 9.97. The first-order valence-electron chi connectivity index (χ1n) is 6.35. The second-order valence-electron chi connectivity index (χ2n) is 5.26. The highest BCUT2D eigenvalue weighted by molar-refractivity contribution is 5.36. The molecule has 18 heavy (non-hydrogen) atoms. The highest BCUT2D eigenvalue weighted by atomic mass is 16.3. The molecule has 0 saturated heterocycles. The van der Waals surface area contributed by atoms with Gasteiger partial charge in [0.25, 0.3) is 0 Å². The van der Waals surface area contributed by atoms with Crippen molar-refractivity contribution in [1.82, 2.24) is 19.7 Å². The molecule has 1 fully saturated rings. The summed E-state index contributed by atoms with van der Waals surface area (Å²) in [6, 6.07) is 0. The summed E-state index contributed by atoms with van der Waals surface area (Å²) in [6.07, 6.45) is 9.68. The third kappa shape index (κ3) is 2.00. The Bertz CT molecular complexity index is 549. The normalized spacial score (nSPS) is 19.0. The molecule has 1 saturated carbocycles. The first-order valence-corrected chi connectivity index (χ1v) is 6.35. The molecule has 0 bridgehead atoms. The summed E-state index contributed by atoms with van der Waals surface area (Å²) in [4.78, 5) is 8.35. The summed E-state index contributed by atoms with van der Waals surface area (Å²) in [5, 5.41) is 13.0. The van der Waals surface area contributed by atoms with E-state index in [4.69, 9.17) is 0 Å². The van der Waals surface area contributed by atoms with Crippen molar-refractivity contribution >= 4 is 5.65 Å². The Labute approximate surface area is 106 Å². The van der Waals surface area contributed by atoms with Crippen molar-refractivity contribution in [2.24, 2.45) is 5.92 Å². The van der Waals surface area contributed by atoms with E-state index in [1.165, 1.54) is 12.8 Å². The fourth-order valence-corrected chi connectivity index (χ4v) is 2.37. The van der Waals surface area contributed by atoms with Crippen LogP contribution >= 0.6 is 0 Å². The van der Waals surface area contributed by atoms with Crippen molar-refractivity contribution in [1.29, 1.82) is 0 Å². The van der Waals surface area contributed by atoms with Gasteiger partial charge in [-0.15, -0.1) is 0 Å². The van der Waals surface area contributed by atoms with Crippen LogP contribution in [-0.2, 0) is 6.54 Å². The van der Waals surface area contributed by atoms with Crippen LogP contribution in [0, 0.1) is 5.92 Å². The molecule has 96 valence electrons. The van der Waals surface area contributed by atoms with E-state index in [0.717, 1.165) is 11.3 Å². The first-order chi connectivity index (χ1) is 8.73. The zero-order valence-corrected chi connectivity index (χ0v) is 10.5. The van der Waals surface area contributed by atoms with Crippen LogP contribution in [0.25, 0.3) is 5.65 Å². The van der Waals surface area contributed by atoms with Gasteiger partial charge in [0.15, 0.2) is 5.65 Å². The lowest BCUT2D eigenvalue weighted by Gasteiger charge is -2.28. The first kappa shape index (κ1) is 11.6. The van der Waals surface area contributed by atoms with Crippen LogP contribution < -0.4 is 5.32 Å². The predicted molar refractivity (Wildman–Crippen MR) is 68.0 cm³/mol. The van der Waals surface area contributed by atoms with Crippen molar-refractivity contribution in [2.45, 2.75) is 31.8 Å². The van der Waals surface area contributed by atoms with Gasteiger partial charge in [-0.2, -0.15) is 0 Å². The third-order valence-electron chi connectivity index (χ3n) is 3.87. The summed E-state index contributed by atoms with van der Waals surface area (Å²) < 4.78 is 2.02. The Balaban J connectivity index is 1.76. The molecule has 2 N–H and O–H groups in total. The van der Waals surface area contributed by atoms with Crippen molar-refractivity contribution in [3.05, 3.63) is 30.5 Å². The van der Waals surface area contributed by atoms with Gasteiger partial charge in [-0.05, 0) is 25.7 Å². The van der Waals surface area contributed by atoms with Gasteiger partial charge < -0.3 is 10.4 Å². The number of hydrogen-bond acceptors (Lipinski definition) is 4. The maximum absolute atomic E-state index is 9.54. The molecule has 5 heteroatoms. The zero-order valence-electron chi connectivity index (χ0n) is 10.5. The maximum atomic E-state index is 9.54. The molecule has 2 aromatic heterocycles. The van der Waals surface area contributed by atoms with Crippen LogP contribution in [0.5, 0.6) is 0 Å². The number of aliphatic hydroxyl groups excluding tert-OH is 1. The fraction of sp³-hybridized carbons (Fsp3) is 0.538. The Hall–Kier alpha value is -1.46. The van der Waals surface area contributed by atoms with Gasteiger partial charge >= 0.3 is 0 Å². The molecular weight excluding hydrogens is 228 g/mol. The Kier molecular flexibility index (Phi) is 2.80. The molecule has 1 unspecified atom stereocenters. The van der Waals surface area contributed by atoms with E-state index < -0.39 is 0 Å². The highest BCUT2D eigenvalue weighted by Gasteiger charge is 2.40. The van der Waals surface area contributed by atoms with E-state index in [1.807, 2.05) is 16.8 Å². The molecule has 0 radical (unpaired) electrons. The molecule has 1 atom stereocenters. The summed E-state index contributed by atoms with van der Waals surface area (Å²) in [5.74, 6) is 0.600. The van der Waals surface area contributed by atoms with Gasteiger partial charge in [0.2, 0.25) is 0 Å². The summed E-state index contributed by atoms with van der Waals surface area (Å²) in [5.41, 5.74) is 1.77. The van der Waals surface area contributed by atoms with Crippen molar-refractivity contribution in [3.8, 4) is 0 Å². The van der Waals surface area contributed by atoms with Crippen molar-refractivity contribution < 1.29 is 5.11 Å². The maximum Gasteiger partial charge on any atom is 0.155 e. The van der Waals surface area contributed by atoms with E-state index >= 15 is 0 Å². The van der Waals surface area contributed by atoms with E-state index in [-0.39, 0.29) is 12.1 Å². The van der Waals surface area contributed by atoms with Crippen LogP contribution in [0.4, 0.5) is 0 Å². The van der Waals surface area contributed by atoms with Crippen LogP contribution in [0.1, 0.15) is 25.5 Å². The number of nitrogens with zero attached hydrogens (tertiary/aromatic N) is 3. The topological polar surface area (TPSA) is 62.5 Å². The molecule has 0 aromatic carbocycles. The summed E-state index contributed by atoms with van der Waals surface area (Å²) in [6.45, 7) is 2.98. The molecule has 1 aliphatic rings. The minimum absolute atomic E-state index is 0.169. The Morgan fingerprint density at radius 1 is 1.50 bits per heavy atom. The van der Waals surface area contributed by atoms with Gasteiger partial charge in [0, 0.05) is 24.5 Å². The van der Waals surface area contributed by atoms with Crippen molar-refractivity contribution in [3.63, 3.8) is 0 Å². The van der Waals surface area contributed by atoms with E-state index in [0.29, 0.717) is 12.5 Å². The lowest BCUT2D eigenvalue weighted by Crippen LogP contribution is -2.47. The van der Waals surface area contributed by atoms with Gasteiger partial charge in [-0.3, -0.25) is 9.38 Å². The average molecular weight is 246 g/mol. The Morgan fingerprint density at radius 2 is 2.33 bits per heavy atom. The van der Waals surface area contributed by atoms with Crippen LogP contribution in [0.3, 0.4) is 0 Å². The van der Waals surface area contributed by atoms with Crippen molar-refractivity contribution in [2.75, 3.05) is 6.61 Å². The zero-order chi connectivity index (χ0) is 12.6. The lowest BCUT2D eigenvalue weighted by molar-refractivity contribution is 0.153. The predicted octanol–water partition coefficient (Wildman–Crippen LogP) is 0.980. The van der Waals surface area contributed by atoms with E-state index in [9.17, 15) is 5.11 Å². The molecule has 2 heterocycles. The largest absolute Gasteiger partial charge is 0.394 e. The number of imidazole rings is 1. The highest BCUT2D eigenvalue weighted by Crippen LogP contribution is 2.39. The quantitative estimate of drug-likeness (QED) is 0.825. The molecule has 5 nitrogen and oxygen atoms in total. The minimum atomic E-state index is -0.169. The molecule has 0 amide bonds. The van der Waals surface area contributed by atoms with Gasteiger partial charge in [0.1, 0.15) is 0 Å². The summed E-state index contributed by atoms with van der Waals surface area (Å²) in [7, 11) is 0. The molecule has 2 aromatic rings. The molecule has 0 spiro atoms. The van der Waals surface area contributed by atoms with Gasteiger partial charge in [-0.1, -0.05) is 0 Å². The number of fused-ring (bicyclic) bond motifs is 1. The van der Waals surface area contributed by atoms with Crippen LogP contribution in [0.15, 0.2) is 24.8 Å². The second-order valence-corrected chi connectivity index (χ2v) is 5.26.